The van der Waals surface area contributed by atoms with E-state index in [0.29, 0.717) is 6.42 Å². The first-order valence-electron chi connectivity index (χ1n) is 2.57. The highest BCUT2D eigenvalue weighted by Gasteiger charge is 2.05. The lowest BCUT2D eigenvalue weighted by Crippen LogP contribution is -2.05. The summed E-state index contributed by atoms with van der Waals surface area (Å²) >= 11 is 7.68. The minimum absolute atomic E-state index is 0.110. The number of ketones is 1. The van der Waals surface area contributed by atoms with Crippen LogP contribution >= 0.6 is 25.3 Å². The molecule has 8 heavy (non-hydrogen) atoms. The topological polar surface area (TPSA) is 17.1 Å². The molecule has 0 unspecified atom stereocenters. The van der Waals surface area contributed by atoms with E-state index < -0.39 is 0 Å². The van der Waals surface area contributed by atoms with E-state index in [4.69, 9.17) is 0 Å². The quantitative estimate of drug-likeness (QED) is 0.461. The van der Waals surface area contributed by atoms with Crippen LogP contribution in [0.3, 0.4) is 0 Å². The van der Waals surface area contributed by atoms with Crippen molar-refractivity contribution in [2.24, 2.45) is 0 Å². The van der Waals surface area contributed by atoms with Gasteiger partial charge in [0.25, 0.3) is 0 Å². The van der Waals surface area contributed by atoms with E-state index in [0.717, 1.165) is 6.42 Å². The Kier molecular flexibility index (Phi) is 4.47. The van der Waals surface area contributed by atoms with E-state index in [-0.39, 0.29) is 10.4 Å². The lowest BCUT2D eigenvalue weighted by atomic mass is 10.2. The molecule has 0 aromatic carbocycles. The number of rotatable bonds is 3. The van der Waals surface area contributed by atoms with Crippen molar-refractivity contribution in [3.63, 3.8) is 0 Å². The molecule has 0 aliphatic carbocycles. The Hall–Kier alpha value is 0.370. The molecule has 0 aromatic rings. The molecular weight excluding hydrogens is 140 g/mol. The predicted molar refractivity (Wildman–Crippen MR) is 41.7 cm³/mol. The molecule has 0 bridgehead atoms. The van der Waals surface area contributed by atoms with Gasteiger partial charge in [-0.3, -0.25) is 4.79 Å². The van der Waals surface area contributed by atoms with E-state index in [1.807, 2.05) is 6.92 Å². The molecule has 3 heteroatoms. The Morgan fingerprint density at radius 2 is 2.12 bits per heavy atom. The molecule has 0 aromatic heterocycles. The van der Waals surface area contributed by atoms with Crippen LogP contribution in [0.2, 0.25) is 0 Å². The van der Waals surface area contributed by atoms with E-state index >= 15 is 0 Å². The smallest absolute Gasteiger partial charge is 0.155 e. The van der Waals surface area contributed by atoms with E-state index in [1.165, 1.54) is 0 Å². The van der Waals surface area contributed by atoms with Crippen LogP contribution in [0.15, 0.2) is 0 Å². The summed E-state index contributed by atoms with van der Waals surface area (Å²) in [4.78, 5) is 10.6. The van der Waals surface area contributed by atoms with Gasteiger partial charge >= 0.3 is 0 Å². The Balaban J connectivity index is 3.33. The van der Waals surface area contributed by atoms with Gasteiger partial charge in [-0.2, -0.15) is 25.3 Å². The highest BCUT2D eigenvalue weighted by molar-refractivity contribution is 8.00. The summed E-state index contributed by atoms with van der Waals surface area (Å²) < 4.78 is -0.380. The second-order valence-electron chi connectivity index (χ2n) is 1.59. The summed E-state index contributed by atoms with van der Waals surface area (Å²) in [5.41, 5.74) is 0. The summed E-state index contributed by atoms with van der Waals surface area (Å²) in [6.07, 6.45) is 1.48. The van der Waals surface area contributed by atoms with Gasteiger partial charge in [0.05, 0.1) is 0 Å². The zero-order valence-electron chi connectivity index (χ0n) is 4.79. The third-order valence-electron chi connectivity index (χ3n) is 0.784. The highest BCUT2D eigenvalue weighted by Crippen LogP contribution is 2.04. The van der Waals surface area contributed by atoms with E-state index in [9.17, 15) is 4.79 Å². The highest BCUT2D eigenvalue weighted by atomic mass is 32.2. The number of Topliss-reactive ketones (excluding diaryl/α,β-unsaturated/α-hetero) is 1. The van der Waals surface area contributed by atoms with Crippen molar-refractivity contribution in [1.29, 1.82) is 0 Å². The SMILES string of the molecule is CCCC(=O)C(S)S. The molecule has 0 spiro atoms. The lowest BCUT2D eigenvalue weighted by molar-refractivity contribution is -0.117. The number of hydrogen-bond acceptors (Lipinski definition) is 3. The second kappa shape index (κ2) is 4.27. The van der Waals surface area contributed by atoms with Crippen molar-refractivity contribution in [3.8, 4) is 0 Å². The van der Waals surface area contributed by atoms with Gasteiger partial charge in [0.2, 0.25) is 0 Å². The molecule has 48 valence electrons. The van der Waals surface area contributed by atoms with Gasteiger partial charge in [0, 0.05) is 6.42 Å². The Morgan fingerprint density at radius 1 is 1.62 bits per heavy atom. The summed E-state index contributed by atoms with van der Waals surface area (Å²) in [5.74, 6) is 0.110. The molecule has 0 radical (unpaired) electrons. The molecule has 0 heterocycles. The van der Waals surface area contributed by atoms with Gasteiger partial charge in [0.15, 0.2) is 5.78 Å². The fourth-order valence-corrected chi connectivity index (χ4v) is 0.634. The molecule has 0 amide bonds. The number of carbonyl (C=O) groups is 1. The monoisotopic (exact) mass is 150 g/mol. The van der Waals surface area contributed by atoms with Crippen molar-refractivity contribution < 1.29 is 4.79 Å². The first kappa shape index (κ1) is 8.37. The average Bonchev–Trinajstić information content (AvgIpc) is 1.67. The standard InChI is InChI=1S/C5H10OS2/c1-2-3-4(6)5(7)8/h5,7-8H,2-3H2,1H3. The number of thiol groups is 2. The molecule has 0 saturated heterocycles. The fourth-order valence-electron chi connectivity index (χ4n) is 0.375. The molecule has 0 saturated carbocycles. The van der Waals surface area contributed by atoms with Crippen LogP contribution < -0.4 is 0 Å². The van der Waals surface area contributed by atoms with Gasteiger partial charge in [0.1, 0.15) is 4.58 Å². The molecule has 1 nitrogen and oxygen atoms in total. The third-order valence-corrected chi connectivity index (χ3v) is 1.36. The average molecular weight is 150 g/mol. The van der Waals surface area contributed by atoms with E-state index in [2.05, 4.69) is 25.3 Å². The maximum Gasteiger partial charge on any atom is 0.155 e. The fraction of sp³-hybridized carbons (Fsp3) is 0.800. The number of hydrogen-bond donors (Lipinski definition) is 2. The summed E-state index contributed by atoms with van der Waals surface area (Å²) in [6.45, 7) is 1.96. The van der Waals surface area contributed by atoms with Gasteiger partial charge in [-0.05, 0) is 6.42 Å². The van der Waals surface area contributed by atoms with Crippen LogP contribution in [0.5, 0.6) is 0 Å². The molecule has 0 N–H and O–H groups in total. The molecular formula is C5H10OS2. The van der Waals surface area contributed by atoms with Crippen LogP contribution in [0.1, 0.15) is 19.8 Å². The number of carbonyl (C=O) groups excluding carboxylic acids is 1. The molecule has 0 rings (SSSR count). The summed E-state index contributed by atoms with van der Waals surface area (Å²) in [6, 6.07) is 0. The first-order valence-corrected chi connectivity index (χ1v) is 3.60. The Bertz CT molecular complexity index is 80.5. The lowest BCUT2D eigenvalue weighted by Gasteiger charge is -1.97. The maximum atomic E-state index is 10.6. The van der Waals surface area contributed by atoms with Gasteiger partial charge < -0.3 is 0 Å². The second-order valence-corrected chi connectivity index (χ2v) is 3.03. The Labute approximate surface area is 60.7 Å². The van der Waals surface area contributed by atoms with Crippen LogP contribution in [0.4, 0.5) is 0 Å². The van der Waals surface area contributed by atoms with Crippen molar-refractivity contribution in [2.75, 3.05) is 0 Å². The summed E-state index contributed by atoms with van der Waals surface area (Å²) in [7, 11) is 0. The van der Waals surface area contributed by atoms with Crippen LogP contribution in [-0.4, -0.2) is 10.4 Å². The largest absolute Gasteiger partial charge is 0.298 e. The van der Waals surface area contributed by atoms with Gasteiger partial charge in [-0.15, -0.1) is 0 Å². The van der Waals surface area contributed by atoms with Gasteiger partial charge in [-0.25, -0.2) is 0 Å². The Morgan fingerprint density at radius 3 is 2.25 bits per heavy atom. The first-order chi connectivity index (χ1) is 3.68. The van der Waals surface area contributed by atoms with Crippen molar-refractivity contribution in [2.45, 2.75) is 24.3 Å². The van der Waals surface area contributed by atoms with Crippen LogP contribution in [0.25, 0.3) is 0 Å². The third kappa shape index (κ3) is 3.38. The zero-order chi connectivity index (χ0) is 6.57. The molecule has 0 aliphatic rings. The minimum atomic E-state index is -0.380. The molecule has 0 atom stereocenters. The van der Waals surface area contributed by atoms with E-state index in [1.54, 1.807) is 0 Å². The van der Waals surface area contributed by atoms with Crippen molar-refractivity contribution in [1.82, 2.24) is 0 Å². The molecule has 0 aliphatic heterocycles. The maximum absolute atomic E-state index is 10.6. The van der Waals surface area contributed by atoms with Crippen molar-refractivity contribution in [3.05, 3.63) is 0 Å². The summed E-state index contributed by atoms with van der Waals surface area (Å²) in [5, 5.41) is 0. The van der Waals surface area contributed by atoms with Crippen LogP contribution in [0, 0.1) is 0 Å². The van der Waals surface area contributed by atoms with Gasteiger partial charge in [-0.1, -0.05) is 6.92 Å². The zero-order valence-corrected chi connectivity index (χ0v) is 6.58. The minimum Gasteiger partial charge on any atom is -0.298 e. The van der Waals surface area contributed by atoms with Crippen LogP contribution in [-0.2, 0) is 4.79 Å². The van der Waals surface area contributed by atoms with Crippen molar-refractivity contribution >= 4 is 31.0 Å². The normalized spacial score (nSPS) is 10.0. The predicted octanol–water partition coefficient (Wildman–Crippen LogP) is 1.54. The molecule has 0 fully saturated rings.